The van der Waals surface area contributed by atoms with Gasteiger partial charge < -0.3 is 4.90 Å². The van der Waals surface area contributed by atoms with E-state index in [9.17, 15) is 4.79 Å². The maximum atomic E-state index is 12.2. The summed E-state index contributed by atoms with van der Waals surface area (Å²) >= 11 is 0. The summed E-state index contributed by atoms with van der Waals surface area (Å²) in [6, 6.07) is 9.03. The summed E-state index contributed by atoms with van der Waals surface area (Å²) in [5.74, 6) is 1.10. The smallest absolute Gasteiger partial charge is 0.222 e. The molecule has 0 spiro atoms. The number of carbonyl (C=O) groups is 1. The molecule has 0 bridgehead atoms. The van der Waals surface area contributed by atoms with E-state index in [1.165, 1.54) is 67.6 Å². The number of likely N-dealkylation sites (tertiary alicyclic amines) is 2. The lowest BCUT2D eigenvalue weighted by molar-refractivity contribution is -0.130. The summed E-state index contributed by atoms with van der Waals surface area (Å²) in [6.07, 6.45) is 9.77. The lowest BCUT2D eigenvalue weighted by atomic mass is 9.89. The first-order valence-corrected chi connectivity index (χ1v) is 12.2. The Morgan fingerprint density at radius 3 is 2.35 bits per heavy atom. The van der Waals surface area contributed by atoms with Crippen molar-refractivity contribution in [2.75, 3.05) is 26.2 Å². The van der Waals surface area contributed by atoms with Gasteiger partial charge in [-0.3, -0.25) is 14.4 Å². The van der Waals surface area contributed by atoms with E-state index in [0.29, 0.717) is 12.3 Å². The van der Waals surface area contributed by atoms with Gasteiger partial charge in [-0.25, -0.2) is 0 Å². The van der Waals surface area contributed by atoms with Crippen LogP contribution in [0.5, 0.6) is 0 Å². The Labute approximate surface area is 187 Å². The number of hydrogen-bond donors (Lipinski definition) is 0. The van der Waals surface area contributed by atoms with E-state index in [2.05, 4.69) is 54.3 Å². The molecule has 2 saturated heterocycles. The first kappa shape index (κ1) is 22.1. The molecule has 0 atom stereocenters. The van der Waals surface area contributed by atoms with E-state index in [1.54, 1.807) is 0 Å². The molecule has 168 valence electrons. The van der Waals surface area contributed by atoms with E-state index < -0.39 is 0 Å². The number of amides is 1. The highest BCUT2D eigenvalue weighted by molar-refractivity contribution is 5.76. The van der Waals surface area contributed by atoms with Crippen molar-refractivity contribution in [3.05, 3.63) is 52.8 Å². The number of aromatic nitrogens is 2. The van der Waals surface area contributed by atoms with Crippen molar-refractivity contribution in [1.29, 1.82) is 0 Å². The summed E-state index contributed by atoms with van der Waals surface area (Å²) in [7, 11) is 0. The molecule has 31 heavy (non-hydrogen) atoms. The Bertz CT molecular complexity index is 843. The van der Waals surface area contributed by atoms with Crippen molar-refractivity contribution in [3.8, 4) is 0 Å². The van der Waals surface area contributed by atoms with Gasteiger partial charge in [0.15, 0.2) is 0 Å². The molecule has 0 unspecified atom stereocenters. The van der Waals surface area contributed by atoms with Crippen LogP contribution in [-0.2, 0) is 30.7 Å². The topological polar surface area (TPSA) is 41.4 Å². The molecular weight excluding hydrogens is 384 g/mol. The van der Waals surface area contributed by atoms with E-state index >= 15 is 0 Å². The molecule has 2 aliphatic heterocycles. The normalized spacial score (nSPS) is 18.1. The predicted molar refractivity (Wildman–Crippen MR) is 125 cm³/mol. The molecule has 0 N–H and O–H groups in total. The summed E-state index contributed by atoms with van der Waals surface area (Å²) < 4.78 is 2.05. The number of benzene rings is 1. The van der Waals surface area contributed by atoms with Gasteiger partial charge in [-0.15, -0.1) is 0 Å². The van der Waals surface area contributed by atoms with Crippen LogP contribution in [-0.4, -0.2) is 51.7 Å². The Balaban J connectivity index is 1.19. The zero-order valence-electron chi connectivity index (χ0n) is 19.4. The molecule has 2 aromatic rings. The molecule has 1 aromatic carbocycles. The Morgan fingerprint density at radius 1 is 1.03 bits per heavy atom. The van der Waals surface area contributed by atoms with Crippen molar-refractivity contribution in [3.63, 3.8) is 0 Å². The van der Waals surface area contributed by atoms with Gasteiger partial charge in [0.25, 0.3) is 0 Å². The van der Waals surface area contributed by atoms with Gasteiger partial charge in [-0.2, -0.15) is 5.10 Å². The van der Waals surface area contributed by atoms with E-state index in [0.717, 1.165) is 38.5 Å². The number of carbonyl (C=O) groups excluding carboxylic acids is 1. The Kier molecular flexibility index (Phi) is 7.44. The largest absolute Gasteiger partial charge is 0.343 e. The van der Waals surface area contributed by atoms with Crippen LogP contribution in [0.15, 0.2) is 30.5 Å². The third-order valence-electron chi connectivity index (χ3n) is 7.11. The molecule has 3 heterocycles. The van der Waals surface area contributed by atoms with Crippen LogP contribution in [0.4, 0.5) is 0 Å². The van der Waals surface area contributed by atoms with Crippen LogP contribution >= 0.6 is 0 Å². The lowest BCUT2D eigenvalue weighted by Crippen LogP contribution is -2.33. The van der Waals surface area contributed by atoms with Crippen LogP contribution < -0.4 is 0 Å². The molecule has 1 aromatic heterocycles. The van der Waals surface area contributed by atoms with Gasteiger partial charge in [0.2, 0.25) is 5.91 Å². The first-order valence-electron chi connectivity index (χ1n) is 12.2. The summed E-state index contributed by atoms with van der Waals surface area (Å²) in [6.45, 7) is 10.5. The zero-order chi connectivity index (χ0) is 21.6. The fraction of sp³-hybridized carbons (Fsp3) is 0.615. The maximum Gasteiger partial charge on any atom is 0.222 e. The monoisotopic (exact) mass is 422 g/mol. The highest BCUT2D eigenvalue weighted by atomic mass is 16.2. The fourth-order valence-corrected chi connectivity index (χ4v) is 5.02. The van der Waals surface area contributed by atoms with Crippen molar-refractivity contribution in [2.24, 2.45) is 5.92 Å². The number of hydrogen-bond acceptors (Lipinski definition) is 3. The second kappa shape index (κ2) is 10.4. The Hall–Kier alpha value is -2.14. The average Bonchev–Trinajstić information content (AvgIpc) is 3.45. The van der Waals surface area contributed by atoms with Crippen molar-refractivity contribution in [1.82, 2.24) is 19.6 Å². The second-order valence-electron chi connectivity index (χ2n) is 9.42. The van der Waals surface area contributed by atoms with Gasteiger partial charge >= 0.3 is 0 Å². The van der Waals surface area contributed by atoms with E-state index in [-0.39, 0.29) is 0 Å². The molecular formula is C26H38N4O. The van der Waals surface area contributed by atoms with Crippen LogP contribution in [0, 0.1) is 12.8 Å². The van der Waals surface area contributed by atoms with Crippen molar-refractivity contribution < 1.29 is 4.79 Å². The standard InChI is InChI=1S/C26H38N4O/c1-3-30-20-25(21(2)27-30)19-28-16-12-24(13-17-28)18-23-8-6-22(7-9-23)10-11-26(31)29-14-4-5-15-29/h6-9,20,24H,3-5,10-19H2,1-2H3. The average molecular weight is 423 g/mol. The minimum absolute atomic E-state index is 0.325. The SMILES string of the molecule is CCn1cc(CN2CCC(Cc3ccc(CCC(=O)N4CCCC4)cc3)CC2)c(C)n1. The lowest BCUT2D eigenvalue weighted by Gasteiger charge is -2.32. The Morgan fingerprint density at radius 2 is 1.71 bits per heavy atom. The molecule has 5 nitrogen and oxygen atoms in total. The third-order valence-corrected chi connectivity index (χ3v) is 7.11. The second-order valence-corrected chi connectivity index (χ2v) is 9.42. The van der Waals surface area contributed by atoms with Crippen LogP contribution in [0.25, 0.3) is 0 Å². The zero-order valence-corrected chi connectivity index (χ0v) is 19.4. The number of rotatable bonds is 8. The summed E-state index contributed by atoms with van der Waals surface area (Å²) in [4.78, 5) is 16.9. The molecule has 2 aliphatic rings. The number of piperidine rings is 1. The first-order chi connectivity index (χ1) is 15.1. The van der Waals surface area contributed by atoms with E-state index in [1.807, 2.05) is 9.58 Å². The maximum absolute atomic E-state index is 12.2. The van der Waals surface area contributed by atoms with Gasteiger partial charge in [-0.1, -0.05) is 24.3 Å². The van der Waals surface area contributed by atoms with E-state index in [4.69, 9.17) is 0 Å². The summed E-state index contributed by atoms with van der Waals surface area (Å²) in [5, 5.41) is 4.58. The van der Waals surface area contributed by atoms with Crippen molar-refractivity contribution >= 4 is 5.91 Å². The predicted octanol–water partition coefficient (Wildman–Crippen LogP) is 4.22. The molecule has 0 aliphatic carbocycles. The van der Waals surface area contributed by atoms with Crippen LogP contribution in [0.1, 0.15) is 61.4 Å². The molecule has 5 heteroatoms. The molecule has 2 fully saturated rings. The van der Waals surface area contributed by atoms with Crippen molar-refractivity contribution in [2.45, 2.75) is 71.9 Å². The molecule has 1 amide bonds. The number of aryl methyl sites for hydroxylation is 3. The van der Waals surface area contributed by atoms with Crippen LogP contribution in [0.3, 0.4) is 0 Å². The molecule has 4 rings (SSSR count). The van der Waals surface area contributed by atoms with Gasteiger partial charge in [-0.05, 0) is 82.5 Å². The molecule has 0 saturated carbocycles. The number of nitrogens with zero attached hydrogens (tertiary/aromatic N) is 4. The minimum Gasteiger partial charge on any atom is -0.343 e. The molecule has 0 radical (unpaired) electrons. The van der Waals surface area contributed by atoms with Gasteiger partial charge in [0.05, 0.1) is 5.69 Å². The minimum atomic E-state index is 0.325. The summed E-state index contributed by atoms with van der Waals surface area (Å²) in [5.41, 5.74) is 5.27. The van der Waals surface area contributed by atoms with Crippen LogP contribution in [0.2, 0.25) is 0 Å². The highest BCUT2D eigenvalue weighted by Gasteiger charge is 2.21. The quantitative estimate of drug-likeness (QED) is 0.640. The fourth-order valence-electron chi connectivity index (χ4n) is 5.02. The highest BCUT2D eigenvalue weighted by Crippen LogP contribution is 2.24. The third kappa shape index (κ3) is 5.97. The van der Waals surface area contributed by atoms with Gasteiger partial charge in [0, 0.05) is 44.4 Å². The van der Waals surface area contributed by atoms with Gasteiger partial charge in [0.1, 0.15) is 0 Å².